The van der Waals surface area contributed by atoms with E-state index in [2.05, 4.69) is 15.9 Å². The number of nitrogens with zero attached hydrogens (tertiary/aromatic N) is 1. The Bertz CT molecular complexity index is 978. The fraction of sp³-hybridized carbons (Fsp3) is 0.105. The number of nitro groups is 1. The predicted octanol–water partition coefficient (Wildman–Crippen LogP) is 4.36. The zero-order valence-corrected chi connectivity index (χ0v) is 16.0. The van der Waals surface area contributed by atoms with E-state index in [-0.39, 0.29) is 17.0 Å². The number of carbonyl (C=O) groups is 1. The van der Waals surface area contributed by atoms with Crippen molar-refractivity contribution in [3.63, 3.8) is 0 Å². The van der Waals surface area contributed by atoms with E-state index in [1.165, 1.54) is 32.4 Å². The van der Waals surface area contributed by atoms with Crippen molar-refractivity contribution in [3.05, 3.63) is 73.8 Å². The van der Waals surface area contributed by atoms with Crippen molar-refractivity contribution in [1.82, 2.24) is 0 Å². The Hall–Kier alpha value is -3.13. The average molecular weight is 432 g/mol. The predicted molar refractivity (Wildman–Crippen MR) is 102 cm³/mol. The van der Waals surface area contributed by atoms with Crippen molar-refractivity contribution in [3.8, 4) is 11.5 Å². The second kappa shape index (κ2) is 7.63. The molecular formula is C19H14BrNO6. The summed E-state index contributed by atoms with van der Waals surface area (Å²) in [5.74, 6) is 0.261. The largest absolute Gasteiger partial charge is 0.496 e. The molecule has 1 aliphatic heterocycles. The second-order valence-corrected chi connectivity index (χ2v) is 6.44. The highest BCUT2D eigenvalue weighted by atomic mass is 79.9. The van der Waals surface area contributed by atoms with Crippen LogP contribution < -0.4 is 9.47 Å². The molecule has 1 aliphatic rings. The molecule has 0 radical (unpaired) electrons. The van der Waals surface area contributed by atoms with Crippen LogP contribution in [0.4, 0.5) is 5.69 Å². The molecule has 138 valence electrons. The summed E-state index contributed by atoms with van der Waals surface area (Å²) in [5, 5.41) is 11.3. The molecule has 0 atom stereocenters. The van der Waals surface area contributed by atoms with Crippen molar-refractivity contribution in [1.29, 1.82) is 0 Å². The number of benzene rings is 2. The maximum absolute atomic E-state index is 12.2. The summed E-state index contributed by atoms with van der Waals surface area (Å²) in [7, 11) is 2.76. The maximum atomic E-state index is 12.2. The van der Waals surface area contributed by atoms with Crippen LogP contribution in [-0.4, -0.2) is 25.1 Å². The van der Waals surface area contributed by atoms with Crippen LogP contribution in [0.2, 0.25) is 0 Å². The molecule has 27 heavy (non-hydrogen) atoms. The quantitative estimate of drug-likeness (QED) is 0.302. The van der Waals surface area contributed by atoms with E-state index in [0.717, 1.165) is 10.0 Å². The smallest absolute Gasteiger partial charge is 0.343 e. The molecule has 2 aromatic carbocycles. The van der Waals surface area contributed by atoms with Gasteiger partial charge in [-0.15, -0.1) is 0 Å². The van der Waals surface area contributed by atoms with E-state index in [4.69, 9.17) is 14.2 Å². The molecule has 8 heteroatoms. The van der Waals surface area contributed by atoms with Crippen LogP contribution in [0, 0.1) is 10.1 Å². The monoisotopic (exact) mass is 431 g/mol. The lowest BCUT2D eigenvalue weighted by molar-refractivity contribution is -0.385. The highest BCUT2D eigenvalue weighted by molar-refractivity contribution is 9.10. The number of cyclic esters (lactones) is 1. The van der Waals surface area contributed by atoms with Gasteiger partial charge < -0.3 is 14.2 Å². The first-order chi connectivity index (χ1) is 12.9. The van der Waals surface area contributed by atoms with Gasteiger partial charge in [-0.2, -0.15) is 0 Å². The van der Waals surface area contributed by atoms with Crippen molar-refractivity contribution in [2.24, 2.45) is 0 Å². The number of carbonyl (C=O) groups excluding carboxylic acids is 1. The lowest BCUT2D eigenvalue weighted by Crippen LogP contribution is -1.99. The number of esters is 1. The lowest BCUT2D eigenvalue weighted by Gasteiger charge is -2.08. The molecule has 0 N–H and O–H groups in total. The number of rotatable bonds is 5. The van der Waals surface area contributed by atoms with Crippen molar-refractivity contribution >= 4 is 39.4 Å². The first-order valence-corrected chi connectivity index (χ1v) is 8.54. The van der Waals surface area contributed by atoms with Gasteiger partial charge >= 0.3 is 11.7 Å². The van der Waals surface area contributed by atoms with Crippen LogP contribution in [-0.2, 0) is 9.53 Å². The molecule has 0 bridgehead atoms. The summed E-state index contributed by atoms with van der Waals surface area (Å²) in [5.41, 5.74) is 1.13. The van der Waals surface area contributed by atoms with Gasteiger partial charge in [0.15, 0.2) is 0 Å². The van der Waals surface area contributed by atoms with Crippen LogP contribution in [0.1, 0.15) is 11.1 Å². The summed E-state index contributed by atoms with van der Waals surface area (Å²) in [6.45, 7) is 0. The Morgan fingerprint density at radius 3 is 2.37 bits per heavy atom. The molecule has 0 saturated carbocycles. The molecule has 7 nitrogen and oxygen atoms in total. The fourth-order valence-corrected chi connectivity index (χ4v) is 2.84. The number of hydrogen-bond donors (Lipinski definition) is 0. The zero-order chi connectivity index (χ0) is 19.6. The van der Waals surface area contributed by atoms with Gasteiger partial charge in [0.2, 0.25) is 5.75 Å². The van der Waals surface area contributed by atoms with Crippen LogP contribution in [0.25, 0.3) is 11.8 Å². The van der Waals surface area contributed by atoms with E-state index < -0.39 is 10.9 Å². The van der Waals surface area contributed by atoms with Crippen LogP contribution >= 0.6 is 15.9 Å². The zero-order valence-electron chi connectivity index (χ0n) is 14.4. The Kier molecular flexibility index (Phi) is 5.27. The van der Waals surface area contributed by atoms with Crippen molar-refractivity contribution < 1.29 is 23.9 Å². The third kappa shape index (κ3) is 3.85. The molecule has 3 rings (SSSR count). The van der Waals surface area contributed by atoms with Gasteiger partial charge in [-0.05, 0) is 24.3 Å². The number of ether oxygens (including phenoxy) is 3. The summed E-state index contributed by atoms with van der Waals surface area (Å²) in [6.07, 6.45) is 3.07. The van der Waals surface area contributed by atoms with Gasteiger partial charge in [0.25, 0.3) is 0 Å². The van der Waals surface area contributed by atoms with Gasteiger partial charge in [-0.25, -0.2) is 4.79 Å². The minimum absolute atomic E-state index is 0.0686. The summed E-state index contributed by atoms with van der Waals surface area (Å²) >= 11 is 3.35. The van der Waals surface area contributed by atoms with Crippen LogP contribution in [0.3, 0.4) is 0 Å². The molecule has 1 heterocycles. The highest BCUT2D eigenvalue weighted by Gasteiger charge is 2.24. The van der Waals surface area contributed by atoms with Crippen LogP contribution in [0.5, 0.6) is 11.5 Å². The third-order valence-electron chi connectivity index (χ3n) is 3.89. The Morgan fingerprint density at radius 2 is 1.78 bits per heavy atom. The topological polar surface area (TPSA) is 87.9 Å². The summed E-state index contributed by atoms with van der Waals surface area (Å²) < 4.78 is 16.5. The number of methoxy groups -OCH3 is 2. The second-order valence-electron chi connectivity index (χ2n) is 5.53. The van der Waals surface area contributed by atoms with E-state index in [9.17, 15) is 14.9 Å². The van der Waals surface area contributed by atoms with Gasteiger partial charge in [0.05, 0.1) is 24.7 Å². The molecule has 0 saturated heterocycles. The molecule has 0 fully saturated rings. The Labute approximate surface area is 163 Å². The Morgan fingerprint density at radius 1 is 1.11 bits per heavy atom. The SMILES string of the molecule is COc1cc(OC)c([N+](=O)[O-])cc1C=C1C=C(c2ccc(Br)cc2)OC1=O. The van der Waals surface area contributed by atoms with Gasteiger partial charge in [-0.3, -0.25) is 10.1 Å². The van der Waals surface area contributed by atoms with E-state index in [0.29, 0.717) is 17.1 Å². The number of nitro benzene ring substituents is 1. The summed E-state index contributed by atoms with van der Waals surface area (Å²) in [4.78, 5) is 22.9. The first-order valence-electron chi connectivity index (χ1n) is 7.75. The minimum atomic E-state index is -0.559. The first kappa shape index (κ1) is 18.7. The number of hydrogen-bond acceptors (Lipinski definition) is 6. The molecule has 2 aromatic rings. The molecule has 0 aliphatic carbocycles. The lowest BCUT2D eigenvalue weighted by atomic mass is 10.1. The molecule has 0 aromatic heterocycles. The third-order valence-corrected chi connectivity index (χ3v) is 4.42. The fourth-order valence-electron chi connectivity index (χ4n) is 2.57. The highest BCUT2D eigenvalue weighted by Crippen LogP contribution is 2.37. The van der Waals surface area contributed by atoms with Gasteiger partial charge in [-0.1, -0.05) is 28.1 Å². The van der Waals surface area contributed by atoms with Gasteiger partial charge in [0.1, 0.15) is 11.5 Å². The molecular weight excluding hydrogens is 418 g/mol. The molecule has 0 unspecified atom stereocenters. The number of halogens is 1. The summed E-state index contributed by atoms with van der Waals surface area (Å²) in [6, 6.07) is 9.99. The minimum Gasteiger partial charge on any atom is -0.496 e. The van der Waals surface area contributed by atoms with E-state index in [1.54, 1.807) is 6.08 Å². The molecule has 0 spiro atoms. The normalized spacial score (nSPS) is 14.7. The average Bonchev–Trinajstić information content (AvgIpc) is 3.02. The van der Waals surface area contributed by atoms with E-state index >= 15 is 0 Å². The van der Waals surface area contributed by atoms with E-state index in [1.807, 2.05) is 24.3 Å². The van der Waals surface area contributed by atoms with Crippen LogP contribution in [0.15, 0.2) is 52.5 Å². The molecule has 0 amide bonds. The maximum Gasteiger partial charge on any atom is 0.343 e. The van der Waals surface area contributed by atoms with Gasteiger partial charge in [0, 0.05) is 27.7 Å². The van der Waals surface area contributed by atoms with Crippen molar-refractivity contribution in [2.45, 2.75) is 0 Å². The standard InChI is InChI=1S/C19H14BrNO6/c1-25-16-10-18(26-2)15(21(23)24)8-12(16)7-13-9-17(27-19(13)22)11-3-5-14(20)6-4-11/h3-10H,1-2H3. The van der Waals surface area contributed by atoms with Crippen molar-refractivity contribution in [2.75, 3.05) is 14.2 Å². The Balaban J connectivity index is 2.05.